The number of rotatable bonds is 7. The first-order chi connectivity index (χ1) is 17.6. The molecular formula is C28H32FN3O4S. The summed E-state index contributed by atoms with van der Waals surface area (Å²) in [4.78, 5) is 17.0. The van der Waals surface area contributed by atoms with Crippen molar-refractivity contribution in [1.29, 1.82) is 0 Å². The Labute approximate surface area is 218 Å². The molecule has 0 aliphatic carbocycles. The number of para-hydroxylation sites is 1. The quantitative estimate of drug-likeness (QED) is 0.460. The molecule has 1 fully saturated rings. The predicted molar refractivity (Wildman–Crippen MR) is 143 cm³/mol. The highest BCUT2D eigenvalue weighted by atomic mass is 32.2. The Hall–Kier alpha value is -3.59. The SMILES string of the molecule is COc1ccc(C)cc1S(=O)(=O)N(CC(=O)N1CCN(c2ccccc2F)CC1)c1ccc(C)c(C)c1. The summed E-state index contributed by atoms with van der Waals surface area (Å²) in [6, 6.07) is 16.8. The lowest BCUT2D eigenvalue weighted by Gasteiger charge is -2.37. The van der Waals surface area contributed by atoms with Gasteiger partial charge in [-0.05, 0) is 73.9 Å². The van der Waals surface area contributed by atoms with Crippen LogP contribution in [0.2, 0.25) is 0 Å². The third-order valence-corrected chi connectivity index (χ3v) is 8.57. The van der Waals surface area contributed by atoms with Crippen LogP contribution in [0.15, 0.2) is 65.6 Å². The lowest BCUT2D eigenvalue weighted by Crippen LogP contribution is -2.52. The van der Waals surface area contributed by atoms with Crippen LogP contribution >= 0.6 is 0 Å². The van der Waals surface area contributed by atoms with Gasteiger partial charge in [0.15, 0.2) is 0 Å². The summed E-state index contributed by atoms with van der Waals surface area (Å²) in [5.41, 5.74) is 3.60. The van der Waals surface area contributed by atoms with Crippen LogP contribution in [0.4, 0.5) is 15.8 Å². The molecule has 0 spiro atoms. The van der Waals surface area contributed by atoms with E-state index in [-0.39, 0.29) is 28.9 Å². The zero-order chi connectivity index (χ0) is 26.7. The highest BCUT2D eigenvalue weighted by Gasteiger charge is 2.32. The molecular weight excluding hydrogens is 493 g/mol. The number of halogens is 1. The number of methoxy groups -OCH3 is 1. The fourth-order valence-electron chi connectivity index (χ4n) is 4.43. The molecule has 1 amide bonds. The van der Waals surface area contributed by atoms with Gasteiger partial charge in [0.25, 0.3) is 10.0 Å². The number of hydrogen-bond acceptors (Lipinski definition) is 5. The molecule has 4 rings (SSSR count). The van der Waals surface area contributed by atoms with Gasteiger partial charge < -0.3 is 14.5 Å². The average Bonchev–Trinajstić information content (AvgIpc) is 2.89. The van der Waals surface area contributed by atoms with Gasteiger partial charge in [-0.3, -0.25) is 9.10 Å². The Kier molecular flexibility index (Phi) is 7.73. The topological polar surface area (TPSA) is 70.2 Å². The van der Waals surface area contributed by atoms with Crippen LogP contribution in [0.5, 0.6) is 5.75 Å². The van der Waals surface area contributed by atoms with Gasteiger partial charge in [0.2, 0.25) is 5.91 Å². The average molecular weight is 526 g/mol. The molecule has 0 saturated carbocycles. The maximum absolute atomic E-state index is 14.2. The van der Waals surface area contributed by atoms with Gasteiger partial charge in [0, 0.05) is 26.2 Å². The second-order valence-corrected chi connectivity index (χ2v) is 11.1. The van der Waals surface area contributed by atoms with E-state index in [2.05, 4.69) is 0 Å². The zero-order valence-corrected chi connectivity index (χ0v) is 22.4. The van der Waals surface area contributed by atoms with Crippen LogP contribution in [0, 0.1) is 26.6 Å². The normalized spacial score (nSPS) is 14.0. The van der Waals surface area contributed by atoms with Crippen molar-refractivity contribution in [3.05, 3.63) is 83.2 Å². The minimum Gasteiger partial charge on any atom is -0.495 e. The third-order valence-electron chi connectivity index (χ3n) is 6.77. The van der Waals surface area contributed by atoms with E-state index in [4.69, 9.17) is 4.74 Å². The van der Waals surface area contributed by atoms with Gasteiger partial charge in [-0.15, -0.1) is 0 Å². The molecule has 7 nitrogen and oxygen atoms in total. The number of hydrogen-bond donors (Lipinski definition) is 0. The summed E-state index contributed by atoms with van der Waals surface area (Å²) in [5, 5.41) is 0. The lowest BCUT2D eigenvalue weighted by molar-refractivity contribution is -0.129. The molecule has 1 heterocycles. The number of ether oxygens (including phenoxy) is 1. The van der Waals surface area contributed by atoms with E-state index >= 15 is 0 Å². The summed E-state index contributed by atoms with van der Waals surface area (Å²) >= 11 is 0. The molecule has 0 unspecified atom stereocenters. The van der Waals surface area contributed by atoms with E-state index in [1.165, 1.54) is 13.2 Å². The Morgan fingerprint density at radius 3 is 2.30 bits per heavy atom. The van der Waals surface area contributed by atoms with Crippen LogP contribution < -0.4 is 13.9 Å². The molecule has 196 valence electrons. The number of nitrogens with zero attached hydrogens (tertiary/aromatic N) is 3. The number of benzene rings is 3. The van der Waals surface area contributed by atoms with Crippen LogP contribution in [0.25, 0.3) is 0 Å². The summed E-state index contributed by atoms with van der Waals surface area (Å²) in [5.74, 6) is -0.409. The van der Waals surface area contributed by atoms with Crippen molar-refractivity contribution in [2.45, 2.75) is 25.7 Å². The van der Waals surface area contributed by atoms with Crippen molar-refractivity contribution >= 4 is 27.3 Å². The summed E-state index contributed by atoms with van der Waals surface area (Å²) in [7, 11) is -2.72. The summed E-state index contributed by atoms with van der Waals surface area (Å²) in [6.45, 7) is 6.93. The molecule has 1 saturated heterocycles. The Bertz CT molecular complexity index is 1400. The predicted octanol–water partition coefficient (Wildman–Crippen LogP) is 4.30. The molecule has 0 aromatic heterocycles. The van der Waals surface area contributed by atoms with E-state index < -0.39 is 10.0 Å². The lowest BCUT2D eigenvalue weighted by atomic mass is 10.1. The zero-order valence-electron chi connectivity index (χ0n) is 21.6. The first kappa shape index (κ1) is 26.5. The standard InChI is InChI=1S/C28H32FN3O4S/c1-20-9-12-26(36-4)27(17-20)37(34,35)32(23-11-10-21(2)22(3)18-23)19-28(33)31-15-13-30(14-16-31)25-8-6-5-7-24(25)29/h5-12,17-18H,13-16,19H2,1-4H3. The van der Waals surface area contributed by atoms with Gasteiger partial charge in [-0.25, -0.2) is 12.8 Å². The van der Waals surface area contributed by atoms with Crippen molar-refractivity contribution in [3.63, 3.8) is 0 Å². The second-order valence-electron chi connectivity index (χ2n) is 9.25. The fraction of sp³-hybridized carbons (Fsp3) is 0.321. The molecule has 3 aromatic rings. The maximum atomic E-state index is 14.2. The van der Waals surface area contributed by atoms with E-state index in [1.54, 1.807) is 60.4 Å². The number of aryl methyl sites for hydroxylation is 3. The molecule has 0 N–H and O–H groups in total. The molecule has 3 aromatic carbocycles. The van der Waals surface area contributed by atoms with Crippen molar-refractivity contribution in [3.8, 4) is 5.75 Å². The van der Waals surface area contributed by atoms with E-state index in [0.29, 0.717) is 37.6 Å². The van der Waals surface area contributed by atoms with Gasteiger partial charge >= 0.3 is 0 Å². The number of piperazine rings is 1. The smallest absolute Gasteiger partial charge is 0.268 e. The second kappa shape index (κ2) is 10.8. The summed E-state index contributed by atoms with van der Waals surface area (Å²) in [6.07, 6.45) is 0. The molecule has 9 heteroatoms. The Morgan fingerprint density at radius 1 is 0.946 bits per heavy atom. The summed E-state index contributed by atoms with van der Waals surface area (Å²) < 4.78 is 48.7. The van der Waals surface area contributed by atoms with Gasteiger partial charge in [0.1, 0.15) is 23.0 Å². The molecule has 1 aliphatic heterocycles. The number of carbonyl (C=O) groups excluding carboxylic acids is 1. The molecule has 0 radical (unpaired) electrons. The van der Waals surface area contributed by atoms with E-state index in [0.717, 1.165) is 21.0 Å². The van der Waals surface area contributed by atoms with Gasteiger partial charge in [0.05, 0.1) is 18.5 Å². The first-order valence-corrected chi connectivity index (χ1v) is 13.6. The van der Waals surface area contributed by atoms with Crippen molar-refractivity contribution in [2.75, 3.05) is 49.0 Å². The highest BCUT2D eigenvalue weighted by Crippen LogP contribution is 2.32. The number of amides is 1. The maximum Gasteiger partial charge on any atom is 0.268 e. The van der Waals surface area contributed by atoms with Crippen LogP contribution in [-0.2, 0) is 14.8 Å². The van der Waals surface area contributed by atoms with E-state index in [9.17, 15) is 17.6 Å². The Morgan fingerprint density at radius 2 is 1.65 bits per heavy atom. The monoisotopic (exact) mass is 525 g/mol. The Balaban J connectivity index is 1.62. The van der Waals surface area contributed by atoms with Gasteiger partial charge in [-0.2, -0.15) is 0 Å². The molecule has 0 bridgehead atoms. The molecule has 37 heavy (non-hydrogen) atoms. The van der Waals surface area contributed by atoms with Crippen molar-refractivity contribution in [1.82, 2.24) is 4.90 Å². The first-order valence-electron chi connectivity index (χ1n) is 12.1. The van der Waals surface area contributed by atoms with Crippen molar-refractivity contribution < 1.29 is 22.3 Å². The largest absolute Gasteiger partial charge is 0.495 e. The fourth-order valence-corrected chi connectivity index (χ4v) is 6.08. The van der Waals surface area contributed by atoms with Crippen LogP contribution in [0.1, 0.15) is 16.7 Å². The van der Waals surface area contributed by atoms with Gasteiger partial charge in [-0.1, -0.05) is 24.3 Å². The molecule has 0 atom stereocenters. The minimum atomic E-state index is -4.14. The third kappa shape index (κ3) is 5.56. The number of anilines is 2. The number of carbonyl (C=O) groups is 1. The van der Waals surface area contributed by atoms with Crippen LogP contribution in [-0.4, -0.2) is 59.1 Å². The minimum absolute atomic E-state index is 0.00500. The number of sulfonamides is 1. The molecule has 1 aliphatic rings. The highest BCUT2D eigenvalue weighted by molar-refractivity contribution is 7.93. The van der Waals surface area contributed by atoms with Crippen LogP contribution in [0.3, 0.4) is 0 Å². The van der Waals surface area contributed by atoms with E-state index in [1.807, 2.05) is 24.8 Å². The van der Waals surface area contributed by atoms with Crippen molar-refractivity contribution in [2.24, 2.45) is 0 Å².